The van der Waals surface area contributed by atoms with Crippen LogP contribution in [-0.4, -0.2) is 17.6 Å². The highest BCUT2D eigenvalue weighted by Gasteiger charge is 2.03. The summed E-state index contributed by atoms with van der Waals surface area (Å²) in [6.07, 6.45) is 3.86. The van der Waals surface area contributed by atoms with E-state index in [1.165, 1.54) is 24.1 Å². The molecule has 0 radical (unpaired) electrons. The minimum Gasteiger partial charge on any atom is -0.481 e. The van der Waals surface area contributed by atoms with E-state index in [-0.39, 0.29) is 6.42 Å². The van der Waals surface area contributed by atoms with Gasteiger partial charge in [0.05, 0.1) is 6.42 Å². The maximum absolute atomic E-state index is 10.5. The first-order valence-corrected chi connectivity index (χ1v) is 6.54. The van der Waals surface area contributed by atoms with Crippen LogP contribution in [0.15, 0.2) is 12.1 Å². The molecule has 0 atom stereocenters. The van der Waals surface area contributed by atoms with Crippen LogP contribution >= 0.6 is 11.3 Å². The summed E-state index contributed by atoms with van der Waals surface area (Å²) >= 11 is 1.58. The third-order valence-electron chi connectivity index (χ3n) is 2.30. The molecule has 0 aliphatic carbocycles. The van der Waals surface area contributed by atoms with Crippen molar-refractivity contribution >= 4 is 17.3 Å². The topological polar surface area (TPSA) is 49.3 Å². The van der Waals surface area contributed by atoms with Crippen molar-refractivity contribution in [2.45, 2.75) is 39.2 Å². The van der Waals surface area contributed by atoms with E-state index in [1.54, 1.807) is 11.3 Å². The predicted octanol–water partition coefficient (Wildman–Crippen LogP) is 2.66. The van der Waals surface area contributed by atoms with Crippen molar-refractivity contribution in [3.63, 3.8) is 0 Å². The number of carboxylic acid groups (broad SMARTS) is 1. The summed E-state index contributed by atoms with van der Waals surface area (Å²) in [5.41, 5.74) is 0. The quantitative estimate of drug-likeness (QED) is 0.688. The highest BCUT2D eigenvalue weighted by atomic mass is 32.1. The van der Waals surface area contributed by atoms with Crippen LogP contribution in [0.1, 0.15) is 35.9 Å². The Bertz CT molecular complexity index is 323. The highest BCUT2D eigenvalue weighted by Crippen LogP contribution is 2.16. The number of rotatable bonds is 8. The number of carboxylic acids is 1. The van der Waals surface area contributed by atoms with Crippen LogP contribution in [0.3, 0.4) is 0 Å². The van der Waals surface area contributed by atoms with Crippen molar-refractivity contribution in [2.75, 3.05) is 6.54 Å². The first-order chi connectivity index (χ1) is 7.72. The summed E-state index contributed by atoms with van der Waals surface area (Å²) in [5.74, 6) is -0.760. The summed E-state index contributed by atoms with van der Waals surface area (Å²) in [6.45, 7) is 4.09. The standard InChI is InChI=1S/C12H19NO2S/c1-2-3-4-7-13-9-11-6-5-10(16-11)8-12(14)15/h5-6,13H,2-4,7-9H2,1H3,(H,14,15). The summed E-state index contributed by atoms with van der Waals surface area (Å²) in [7, 11) is 0. The van der Waals surface area contributed by atoms with Crippen molar-refractivity contribution in [2.24, 2.45) is 0 Å². The molecule has 0 bridgehead atoms. The van der Waals surface area contributed by atoms with Crippen molar-refractivity contribution in [3.8, 4) is 0 Å². The first-order valence-electron chi connectivity index (χ1n) is 5.72. The van der Waals surface area contributed by atoms with Gasteiger partial charge in [0.25, 0.3) is 0 Å². The molecule has 2 N–H and O–H groups in total. The lowest BCUT2D eigenvalue weighted by molar-refractivity contribution is -0.136. The van der Waals surface area contributed by atoms with Gasteiger partial charge in [0.1, 0.15) is 0 Å². The Hall–Kier alpha value is -0.870. The van der Waals surface area contributed by atoms with Gasteiger partial charge in [-0.15, -0.1) is 11.3 Å². The average molecular weight is 241 g/mol. The van der Waals surface area contributed by atoms with Crippen molar-refractivity contribution in [3.05, 3.63) is 21.9 Å². The molecule has 0 aliphatic heterocycles. The van der Waals surface area contributed by atoms with E-state index < -0.39 is 5.97 Å². The Morgan fingerprint density at radius 1 is 1.38 bits per heavy atom. The van der Waals surface area contributed by atoms with Gasteiger partial charge in [-0.05, 0) is 25.1 Å². The van der Waals surface area contributed by atoms with Gasteiger partial charge in [-0.25, -0.2) is 0 Å². The van der Waals surface area contributed by atoms with Gasteiger partial charge < -0.3 is 10.4 Å². The average Bonchev–Trinajstić information content (AvgIpc) is 2.64. The van der Waals surface area contributed by atoms with Crippen molar-refractivity contribution in [1.82, 2.24) is 5.32 Å². The molecule has 16 heavy (non-hydrogen) atoms. The monoisotopic (exact) mass is 241 g/mol. The normalized spacial score (nSPS) is 10.6. The van der Waals surface area contributed by atoms with E-state index >= 15 is 0 Å². The number of hydrogen-bond acceptors (Lipinski definition) is 3. The fourth-order valence-corrected chi connectivity index (χ4v) is 2.45. The van der Waals surface area contributed by atoms with Gasteiger partial charge in [-0.3, -0.25) is 4.79 Å². The number of nitrogens with one attached hydrogen (secondary N) is 1. The third-order valence-corrected chi connectivity index (χ3v) is 3.38. The second kappa shape index (κ2) is 7.41. The molecule has 1 aromatic rings. The fourth-order valence-electron chi connectivity index (χ4n) is 1.47. The molecule has 0 aliphatic rings. The highest BCUT2D eigenvalue weighted by molar-refractivity contribution is 7.12. The second-order valence-corrected chi connectivity index (χ2v) is 5.08. The molecule has 3 nitrogen and oxygen atoms in total. The molecule has 0 amide bonds. The van der Waals surface area contributed by atoms with Gasteiger partial charge in [0.15, 0.2) is 0 Å². The van der Waals surface area contributed by atoms with Crippen LogP contribution in [0.2, 0.25) is 0 Å². The lowest BCUT2D eigenvalue weighted by Gasteiger charge is -2.01. The lowest BCUT2D eigenvalue weighted by Crippen LogP contribution is -2.13. The molecule has 0 saturated heterocycles. The maximum atomic E-state index is 10.5. The summed E-state index contributed by atoms with van der Waals surface area (Å²) in [6, 6.07) is 3.91. The van der Waals surface area contributed by atoms with Crippen LogP contribution in [0.5, 0.6) is 0 Å². The maximum Gasteiger partial charge on any atom is 0.308 e. The summed E-state index contributed by atoms with van der Waals surface area (Å²) in [5, 5.41) is 12.0. The van der Waals surface area contributed by atoms with Gasteiger partial charge >= 0.3 is 5.97 Å². The molecule has 1 heterocycles. The number of thiophene rings is 1. The largest absolute Gasteiger partial charge is 0.481 e. The zero-order chi connectivity index (χ0) is 11.8. The number of hydrogen-bond donors (Lipinski definition) is 2. The van der Waals surface area contributed by atoms with E-state index in [0.717, 1.165) is 18.0 Å². The molecule has 0 unspecified atom stereocenters. The Morgan fingerprint density at radius 3 is 2.81 bits per heavy atom. The molecule has 0 saturated carbocycles. The van der Waals surface area contributed by atoms with Crippen LogP contribution in [-0.2, 0) is 17.8 Å². The Labute approximate surface area is 100 Å². The molecular weight excluding hydrogens is 222 g/mol. The molecule has 90 valence electrons. The van der Waals surface area contributed by atoms with E-state index in [0.29, 0.717) is 0 Å². The zero-order valence-corrected chi connectivity index (χ0v) is 10.5. The summed E-state index contributed by atoms with van der Waals surface area (Å²) < 4.78 is 0. The molecule has 0 aromatic carbocycles. The SMILES string of the molecule is CCCCCNCc1ccc(CC(=O)O)s1. The predicted molar refractivity (Wildman–Crippen MR) is 66.9 cm³/mol. The number of unbranched alkanes of at least 4 members (excludes halogenated alkanes) is 2. The Morgan fingerprint density at radius 2 is 2.12 bits per heavy atom. The van der Waals surface area contributed by atoms with Crippen molar-refractivity contribution < 1.29 is 9.90 Å². The van der Waals surface area contributed by atoms with Crippen LogP contribution in [0.25, 0.3) is 0 Å². The van der Waals surface area contributed by atoms with Gasteiger partial charge in [0.2, 0.25) is 0 Å². The van der Waals surface area contributed by atoms with Gasteiger partial charge in [-0.1, -0.05) is 19.8 Å². The Kier molecular flexibility index (Phi) is 6.11. The number of carbonyl (C=O) groups is 1. The van der Waals surface area contributed by atoms with Crippen LogP contribution in [0, 0.1) is 0 Å². The molecule has 0 fully saturated rings. The van der Waals surface area contributed by atoms with Crippen LogP contribution in [0.4, 0.5) is 0 Å². The molecule has 1 aromatic heterocycles. The van der Waals surface area contributed by atoms with E-state index in [9.17, 15) is 4.79 Å². The molecule has 1 rings (SSSR count). The van der Waals surface area contributed by atoms with Gasteiger partial charge in [0, 0.05) is 16.3 Å². The van der Waals surface area contributed by atoms with Crippen molar-refractivity contribution in [1.29, 1.82) is 0 Å². The lowest BCUT2D eigenvalue weighted by atomic mass is 10.2. The first kappa shape index (κ1) is 13.2. The van der Waals surface area contributed by atoms with E-state index in [2.05, 4.69) is 12.2 Å². The molecular formula is C12H19NO2S. The molecule has 4 heteroatoms. The smallest absolute Gasteiger partial charge is 0.308 e. The number of aliphatic carboxylic acids is 1. The van der Waals surface area contributed by atoms with E-state index in [4.69, 9.17) is 5.11 Å². The second-order valence-electron chi connectivity index (χ2n) is 3.82. The van der Waals surface area contributed by atoms with Crippen LogP contribution < -0.4 is 5.32 Å². The minimum absolute atomic E-state index is 0.139. The van der Waals surface area contributed by atoms with Gasteiger partial charge in [-0.2, -0.15) is 0 Å². The fraction of sp³-hybridized carbons (Fsp3) is 0.583. The molecule has 0 spiro atoms. The third kappa shape index (κ3) is 5.28. The summed E-state index contributed by atoms with van der Waals surface area (Å²) in [4.78, 5) is 12.6. The zero-order valence-electron chi connectivity index (χ0n) is 9.66. The minimum atomic E-state index is -0.760. The Balaban J connectivity index is 2.21. The van der Waals surface area contributed by atoms with E-state index in [1.807, 2.05) is 12.1 Å².